The molecule has 3 rings (SSSR count). The number of H-pyrrole nitrogens is 1. The van der Waals surface area contributed by atoms with Crippen LogP contribution in [-0.2, 0) is 9.53 Å². The molecule has 2 N–H and O–H groups in total. The smallest absolute Gasteiger partial charge is 0.252 e. The summed E-state index contributed by atoms with van der Waals surface area (Å²) in [6.45, 7) is 0.919. The highest BCUT2D eigenvalue weighted by Crippen LogP contribution is 2.23. The monoisotopic (exact) mass is 359 g/mol. The molecule has 8 nitrogen and oxygen atoms in total. The van der Waals surface area contributed by atoms with Crippen LogP contribution in [-0.4, -0.2) is 51.5 Å². The summed E-state index contributed by atoms with van der Waals surface area (Å²) in [5, 5.41) is 11.4. The number of thioether (sulfide) groups is 1. The van der Waals surface area contributed by atoms with E-state index in [-0.39, 0.29) is 17.2 Å². The Kier molecular flexibility index (Phi) is 5.46. The maximum Gasteiger partial charge on any atom is 0.252 e. The number of nitrogens with zero attached hydrogens (tertiary/aromatic N) is 3. The first-order valence-corrected chi connectivity index (χ1v) is 8.60. The second-order valence-corrected chi connectivity index (χ2v) is 6.10. The molecule has 2 heterocycles. The van der Waals surface area contributed by atoms with Gasteiger partial charge in [0.05, 0.1) is 18.1 Å². The van der Waals surface area contributed by atoms with Crippen molar-refractivity contribution in [3.8, 4) is 11.3 Å². The van der Waals surface area contributed by atoms with Gasteiger partial charge in [-0.15, -0.1) is 10.2 Å². The Morgan fingerprint density at radius 1 is 1.32 bits per heavy atom. The number of fused-ring (bicyclic) bond motifs is 1. The van der Waals surface area contributed by atoms with E-state index in [1.807, 2.05) is 30.3 Å². The highest BCUT2D eigenvalue weighted by molar-refractivity contribution is 7.99. The molecule has 9 heteroatoms. The van der Waals surface area contributed by atoms with Crippen molar-refractivity contribution in [2.45, 2.75) is 5.16 Å². The molecule has 0 aliphatic carbocycles. The Balaban J connectivity index is 1.87. The standard InChI is InChI=1S/C16H17N5O3S/c1-24-8-7-17-14(23)10-25-16-20-19-15-18-13(22)9-12(21(15)16)11-5-3-2-4-6-11/h2-6,9H,7-8,10H2,1H3,(H,17,23)(H,18,19,22). The first-order valence-electron chi connectivity index (χ1n) is 7.61. The molecular weight excluding hydrogens is 342 g/mol. The normalized spacial score (nSPS) is 10.9. The van der Waals surface area contributed by atoms with Gasteiger partial charge < -0.3 is 10.1 Å². The molecular formula is C16H17N5O3S. The highest BCUT2D eigenvalue weighted by atomic mass is 32.2. The summed E-state index contributed by atoms with van der Waals surface area (Å²) in [5.41, 5.74) is 1.28. The third-order valence-corrected chi connectivity index (χ3v) is 4.34. The van der Waals surface area contributed by atoms with Crippen LogP contribution in [0, 0.1) is 0 Å². The van der Waals surface area contributed by atoms with Gasteiger partial charge in [-0.3, -0.25) is 19.0 Å². The molecule has 0 atom stereocenters. The maximum atomic E-state index is 11.9. The molecule has 0 aliphatic heterocycles. The number of amides is 1. The summed E-state index contributed by atoms with van der Waals surface area (Å²) in [6.07, 6.45) is 0. The van der Waals surface area contributed by atoms with E-state index >= 15 is 0 Å². The number of hydrogen-bond acceptors (Lipinski definition) is 6. The zero-order chi connectivity index (χ0) is 17.6. The van der Waals surface area contributed by atoms with E-state index in [0.29, 0.717) is 29.8 Å². The molecule has 1 aromatic carbocycles. The predicted octanol–water partition coefficient (Wildman–Crippen LogP) is 0.939. The lowest BCUT2D eigenvalue weighted by Crippen LogP contribution is -2.28. The van der Waals surface area contributed by atoms with Crippen molar-refractivity contribution in [3.63, 3.8) is 0 Å². The lowest BCUT2D eigenvalue weighted by Gasteiger charge is -2.07. The maximum absolute atomic E-state index is 11.9. The zero-order valence-electron chi connectivity index (χ0n) is 13.6. The molecule has 0 radical (unpaired) electrons. The molecule has 0 aliphatic rings. The van der Waals surface area contributed by atoms with Crippen LogP contribution < -0.4 is 10.9 Å². The van der Waals surface area contributed by atoms with Crippen LogP contribution in [0.2, 0.25) is 0 Å². The lowest BCUT2D eigenvalue weighted by molar-refractivity contribution is -0.118. The number of aromatic nitrogens is 4. The number of ether oxygens (including phenoxy) is 1. The quantitative estimate of drug-likeness (QED) is 0.481. The van der Waals surface area contributed by atoms with Crippen LogP contribution >= 0.6 is 11.8 Å². The van der Waals surface area contributed by atoms with Gasteiger partial charge in [-0.1, -0.05) is 42.1 Å². The lowest BCUT2D eigenvalue weighted by atomic mass is 10.1. The van der Waals surface area contributed by atoms with Gasteiger partial charge in [-0.25, -0.2) is 0 Å². The van der Waals surface area contributed by atoms with Gasteiger partial charge in [0.15, 0.2) is 5.16 Å². The van der Waals surface area contributed by atoms with Crippen molar-refractivity contribution in [2.24, 2.45) is 0 Å². The molecule has 0 spiro atoms. The topological polar surface area (TPSA) is 101 Å². The van der Waals surface area contributed by atoms with Crippen molar-refractivity contribution in [1.82, 2.24) is 24.9 Å². The van der Waals surface area contributed by atoms with Crippen molar-refractivity contribution in [2.75, 3.05) is 26.0 Å². The van der Waals surface area contributed by atoms with Gasteiger partial charge in [-0.2, -0.15) is 0 Å². The highest BCUT2D eigenvalue weighted by Gasteiger charge is 2.14. The van der Waals surface area contributed by atoms with Crippen LogP contribution in [0.15, 0.2) is 46.3 Å². The Morgan fingerprint density at radius 3 is 2.88 bits per heavy atom. The van der Waals surface area contributed by atoms with Gasteiger partial charge in [0, 0.05) is 19.7 Å². The van der Waals surface area contributed by atoms with Gasteiger partial charge in [-0.05, 0) is 5.56 Å². The number of benzene rings is 1. The van der Waals surface area contributed by atoms with E-state index in [2.05, 4.69) is 20.5 Å². The van der Waals surface area contributed by atoms with Gasteiger partial charge in [0.1, 0.15) is 0 Å². The first kappa shape index (κ1) is 17.2. The molecule has 25 heavy (non-hydrogen) atoms. The summed E-state index contributed by atoms with van der Waals surface area (Å²) < 4.78 is 6.63. The van der Waals surface area contributed by atoms with Gasteiger partial charge >= 0.3 is 0 Å². The van der Waals surface area contributed by atoms with E-state index in [1.165, 1.54) is 17.8 Å². The molecule has 2 aromatic heterocycles. The van der Waals surface area contributed by atoms with Gasteiger partial charge in [0.25, 0.3) is 5.56 Å². The number of rotatable bonds is 7. The number of aromatic amines is 1. The number of carbonyl (C=O) groups is 1. The molecule has 0 fully saturated rings. The molecule has 3 aromatic rings. The summed E-state index contributed by atoms with van der Waals surface area (Å²) in [5.74, 6) is 0.413. The fourth-order valence-corrected chi connectivity index (χ4v) is 3.07. The van der Waals surface area contributed by atoms with Gasteiger partial charge in [0.2, 0.25) is 11.7 Å². The van der Waals surface area contributed by atoms with Crippen LogP contribution in [0.1, 0.15) is 0 Å². The fourth-order valence-electron chi connectivity index (χ4n) is 2.29. The molecule has 0 bridgehead atoms. The summed E-state index contributed by atoms with van der Waals surface area (Å²) in [6, 6.07) is 11.0. The average molecular weight is 359 g/mol. The fraction of sp³-hybridized carbons (Fsp3) is 0.250. The minimum absolute atomic E-state index is 0.121. The average Bonchev–Trinajstić information content (AvgIpc) is 3.03. The van der Waals surface area contributed by atoms with Crippen molar-refractivity contribution in [3.05, 3.63) is 46.8 Å². The largest absolute Gasteiger partial charge is 0.383 e. The second-order valence-electron chi connectivity index (χ2n) is 5.16. The number of hydrogen-bond donors (Lipinski definition) is 2. The summed E-state index contributed by atoms with van der Waals surface area (Å²) >= 11 is 1.25. The third-order valence-electron chi connectivity index (χ3n) is 3.41. The number of methoxy groups -OCH3 is 1. The van der Waals surface area contributed by atoms with E-state index in [0.717, 1.165) is 5.56 Å². The van der Waals surface area contributed by atoms with Crippen LogP contribution in [0.3, 0.4) is 0 Å². The SMILES string of the molecule is COCCNC(=O)CSc1nnc2[nH]c(=O)cc(-c3ccccc3)n12. The Hall–Kier alpha value is -2.65. The molecule has 0 saturated heterocycles. The van der Waals surface area contributed by atoms with Crippen molar-refractivity contribution >= 4 is 23.4 Å². The summed E-state index contributed by atoms with van der Waals surface area (Å²) in [4.78, 5) is 26.4. The Morgan fingerprint density at radius 2 is 2.12 bits per heavy atom. The predicted molar refractivity (Wildman–Crippen MR) is 94.7 cm³/mol. The van der Waals surface area contributed by atoms with E-state index < -0.39 is 0 Å². The second kappa shape index (κ2) is 7.95. The summed E-state index contributed by atoms with van der Waals surface area (Å²) in [7, 11) is 1.58. The van der Waals surface area contributed by atoms with Crippen LogP contribution in [0.25, 0.3) is 17.0 Å². The Labute approximate surface area is 147 Å². The minimum Gasteiger partial charge on any atom is -0.383 e. The van der Waals surface area contributed by atoms with Crippen molar-refractivity contribution in [1.29, 1.82) is 0 Å². The Bertz CT molecular complexity index is 922. The third kappa shape index (κ3) is 4.06. The van der Waals surface area contributed by atoms with Crippen LogP contribution in [0.4, 0.5) is 0 Å². The number of carbonyl (C=O) groups excluding carboxylic acids is 1. The minimum atomic E-state index is -0.257. The molecule has 0 saturated carbocycles. The number of nitrogens with one attached hydrogen (secondary N) is 2. The van der Waals surface area contributed by atoms with Crippen LogP contribution in [0.5, 0.6) is 0 Å². The molecule has 0 unspecified atom stereocenters. The first-order chi connectivity index (χ1) is 12.2. The van der Waals surface area contributed by atoms with Crippen molar-refractivity contribution < 1.29 is 9.53 Å². The van der Waals surface area contributed by atoms with E-state index in [4.69, 9.17) is 4.74 Å². The van der Waals surface area contributed by atoms with E-state index in [1.54, 1.807) is 11.5 Å². The molecule has 1 amide bonds. The van der Waals surface area contributed by atoms with E-state index in [9.17, 15) is 9.59 Å². The molecule has 130 valence electrons. The zero-order valence-corrected chi connectivity index (χ0v) is 14.4.